The summed E-state index contributed by atoms with van der Waals surface area (Å²) >= 11 is 0. The lowest BCUT2D eigenvalue weighted by atomic mass is 9.68. The number of pyridine rings is 1. The van der Waals surface area contributed by atoms with Crippen LogP contribution < -0.4 is 0 Å². The number of hydrogen-bond donors (Lipinski definition) is 0. The fourth-order valence-electron chi connectivity index (χ4n) is 6.25. The van der Waals surface area contributed by atoms with Crippen molar-refractivity contribution in [3.05, 3.63) is 138 Å². The van der Waals surface area contributed by atoms with Gasteiger partial charge in [-0.1, -0.05) is 104 Å². The molecule has 3 heteroatoms. The lowest BCUT2D eigenvalue weighted by molar-refractivity contribution is -0.126. The smallest absolute Gasteiger partial charge is 0.143 e. The van der Waals surface area contributed by atoms with Gasteiger partial charge in [-0.15, -0.1) is 0 Å². The molecule has 1 aromatic heterocycles. The van der Waals surface area contributed by atoms with Gasteiger partial charge in [0.25, 0.3) is 0 Å². The number of rotatable bonds is 9. The monoisotopic (exact) mass is 488 g/mol. The molecule has 0 bridgehead atoms. The normalized spacial score (nSPS) is 15.8. The molecule has 5 rings (SSSR count). The summed E-state index contributed by atoms with van der Waals surface area (Å²) in [6, 6.07) is 38.3. The van der Waals surface area contributed by atoms with Gasteiger partial charge in [0, 0.05) is 12.6 Å². The van der Waals surface area contributed by atoms with Crippen LogP contribution in [0.4, 0.5) is 0 Å². The molecular weight excluding hydrogens is 452 g/mol. The number of likely N-dealkylation sites (tertiary alicyclic amines) is 1. The number of hydrogen-bond acceptors (Lipinski definition) is 3. The Morgan fingerprint density at radius 2 is 1.32 bits per heavy atom. The van der Waals surface area contributed by atoms with Gasteiger partial charge in [0.2, 0.25) is 0 Å². The molecule has 0 N–H and O–H groups in total. The molecule has 3 aromatic carbocycles. The zero-order valence-electron chi connectivity index (χ0n) is 21.7. The van der Waals surface area contributed by atoms with Crippen LogP contribution in [0.1, 0.15) is 55.0 Å². The molecule has 1 fully saturated rings. The molecule has 0 radical (unpaired) electrons. The summed E-state index contributed by atoms with van der Waals surface area (Å²) in [7, 11) is 0. The Balaban J connectivity index is 1.45. The maximum absolute atomic E-state index is 13.2. The molecule has 1 aliphatic heterocycles. The molecule has 0 unspecified atom stereocenters. The van der Waals surface area contributed by atoms with E-state index in [9.17, 15) is 4.79 Å². The van der Waals surface area contributed by atoms with Crippen LogP contribution in [0.5, 0.6) is 0 Å². The van der Waals surface area contributed by atoms with Crippen LogP contribution in [0.25, 0.3) is 0 Å². The average molecular weight is 489 g/mol. The zero-order chi connectivity index (χ0) is 25.6. The second-order valence-electron chi connectivity index (χ2n) is 10.2. The summed E-state index contributed by atoms with van der Waals surface area (Å²) in [5, 5.41) is 0. The van der Waals surface area contributed by atoms with Gasteiger partial charge in [-0.3, -0.25) is 9.78 Å². The molecular formula is C34H36N2O. The summed E-state index contributed by atoms with van der Waals surface area (Å²) in [6.07, 6.45) is 5.15. The van der Waals surface area contributed by atoms with E-state index in [2.05, 4.69) is 102 Å². The largest absolute Gasteiger partial charge is 0.303 e. The highest BCUT2D eigenvalue weighted by Crippen LogP contribution is 2.42. The lowest BCUT2D eigenvalue weighted by Gasteiger charge is -2.43. The van der Waals surface area contributed by atoms with Gasteiger partial charge in [0.05, 0.1) is 16.5 Å². The minimum Gasteiger partial charge on any atom is -0.303 e. The number of carbonyl (C=O) groups excluding carboxylic acids is 1. The Morgan fingerprint density at radius 1 is 0.784 bits per heavy atom. The molecule has 1 saturated heterocycles. The predicted octanol–water partition coefficient (Wildman–Crippen LogP) is 6.82. The van der Waals surface area contributed by atoms with Crippen molar-refractivity contribution in [2.75, 3.05) is 19.6 Å². The fraction of sp³-hybridized carbons (Fsp3) is 0.294. The molecule has 188 valence electrons. The van der Waals surface area contributed by atoms with Crippen LogP contribution in [0, 0.1) is 0 Å². The van der Waals surface area contributed by atoms with Gasteiger partial charge in [-0.05, 0) is 67.7 Å². The molecule has 1 aliphatic rings. The number of aromatic nitrogens is 1. The Bertz CT molecular complexity index is 1170. The second kappa shape index (κ2) is 11.2. The van der Waals surface area contributed by atoms with Gasteiger partial charge in [-0.25, -0.2) is 0 Å². The average Bonchev–Trinajstić information content (AvgIpc) is 2.99. The zero-order valence-corrected chi connectivity index (χ0v) is 21.7. The summed E-state index contributed by atoms with van der Waals surface area (Å²) in [5.41, 5.74) is 4.07. The number of carbonyl (C=O) groups is 1. The van der Waals surface area contributed by atoms with Crippen LogP contribution in [-0.2, 0) is 15.6 Å². The molecule has 37 heavy (non-hydrogen) atoms. The summed E-state index contributed by atoms with van der Waals surface area (Å²) in [6.45, 7) is 4.77. The fourth-order valence-corrected chi connectivity index (χ4v) is 6.25. The van der Waals surface area contributed by atoms with Gasteiger partial charge < -0.3 is 4.90 Å². The Hall–Kier alpha value is -3.56. The minimum absolute atomic E-state index is 0.350. The first-order chi connectivity index (χ1) is 18.2. The van der Waals surface area contributed by atoms with E-state index in [1.807, 2.05) is 25.3 Å². The van der Waals surface area contributed by atoms with Gasteiger partial charge in [0.1, 0.15) is 5.78 Å². The van der Waals surface area contributed by atoms with E-state index in [1.165, 1.54) is 16.7 Å². The molecule has 2 heterocycles. The van der Waals surface area contributed by atoms with E-state index >= 15 is 0 Å². The van der Waals surface area contributed by atoms with E-state index in [4.69, 9.17) is 4.98 Å². The van der Waals surface area contributed by atoms with Crippen molar-refractivity contribution >= 4 is 5.78 Å². The van der Waals surface area contributed by atoms with Crippen molar-refractivity contribution in [1.29, 1.82) is 0 Å². The van der Waals surface area contributed by atoms with E-state index < -0.39 is 0 Å². The molecule has 0 spiro atoms. The van der Waals surface area contributed by atoms with Gasteiger partial charge >= 0.3 is 0 Å². The third-order valence-corrected chi connectivity index (χ3v) is 8.33. The number of piperidine rings is 1. The van der Waals surface area contributed by atoms with Crippen LogP contribution in [0.2, 0.25) is 0 Å². The number of ketones is 1. The standard InChI is InChI=1S/C34H36N2O/c1-2-32(37)33(28-14-6-3-7-15-28)21-25-36(26-22-33)27-23-34(29-16-8-4-9-17-29,30-18-10-5-11-19-30)31-20-12-13-24-35-31/h3-20,24H,2,21-23,25-27H2,1H3. The lowest BCUT2D eigenvalue weighted by Crippen LogP contribution is -2.48. The van der Waals surface area contributed by atoms with Gasteiger partial charge in [0.15, 0.2) is 0 Å². The predicted molar refractivity (Wildman–Crippen MR) is 151 cm³/mol. The third kappa shape index (κ3) is 4.89. The Morgan fingerprint density at radius 3 is 1.84 bits per heavy atom. The Kier molecular flexibility index (Phi) is 7.62. The first-order valence-corrected chi connectivity index (χ1v) is 13.5. The van der Waals surface area contributed by atoms with E-state index in [0.717, 1.165) is 44.6 Å². The van der Waals surface area contributed by atoms with E-state index in [-0.39, 0.29) is 10.8 Å². The summed E-state index contributed by atoms with van der Waals surface area (Å²) < 4.78 is 0. The van der Waals surface area contributed by atoms with Crippen molar-refractivity contribution in [3.63, 3.8) is 0 Å². The van der Waals surface area contributed by atoms with Gasteiger partial charge in [-0.2, -0.15) is 0 Å². The quantitative estimate of drug-likeness (QED) is 0.259. The topological polar surface area (TPSA) is 33.2 Å². The van der Waals surface area contributed by atoms with E-state index in [1.54, 1.807) is 0 Å². The SMILES string of the molecule is CCC(=O)C1(c2ccccc2)CCN(CCC(c2ccccc2)(c2ccccc2)c2ccccn2)CC1. The van der Waals surface area contributed by atoms with Crippen LogP contribution in [0.15, 0.2) is 115 Å². The number of benzene rings is 3. The second-order valence-corrected chi connectivity index (χ2v) is 10.2. The van der Waals surface area contributed by atoms with Crippen LogP contribution in [-0.4, -0.2) is 35.3 Å². The number of Topliss-reactive ketones (excluding diaryl/α,β-unsaturated/α-hetero) is 1. The maximum atomic E-state index is 13.2. The summed E-state index contributed by atoms with van der Waals surface area (Å²) in [5.74, 6) is 0.370. The molecule has 0 amide bonds. The van der Waals surface area contributed by atoms with Crippen LogP contribution >= 0.6 is 0 Å². The first-order valence-electron chi connectivity index (χ1n) is 13.5. The molecule has 0 saturated carbocycles. The third-order valence-electron chi connectivity index (χ3n) is 8.33. The molecule has 4 aromatic rings. The van der Waals surface area contributed by atoms with Crippen molar-refractivity contribution in [1.82, 2.24) is 9.88 Å². The van der Waals surface area contributed by atoms with Crippen molar-refractivity contribution in [2.24, 2.45) is 0 Å². The highest BCUT2D eigenvalue weighted by molar-refractivity contribution is 5.90. The van der Waals surface area contributed by atoms with Crippen LogP contribution in [0.3, 0.4) is 0 Å². The van der Waals surface area contributed by atoms with E-state index in [0.29, 0.717) is 12.2 Å². The maximum Gasteiger partial charge on any atom is 0.143 e. The highest BCUT2D eigenvalue weighted by atomic mass is 16.1. The highest BCUT2D eigenvalue weighted by Gasteiger charge is 2.43. The Labute approximate surface area is 221 Å². The minimum atomic E-state index is -0.358. The summed E-state index contributed by atoms with van der Waals surface area (Å²) in [4.78, 5) is 20.7. The number of nitrogens with zero attached hydrogens (tertiary/aromatic N) is 2. The molecule has 0 atom stereocenters. The molecule has 0 aliphatic carbocycles. The van der Waals surface area contributed by atoms with Crippen molar-refractivity contribution in [3.8, 4) is 0 Å². The van der Waals surface area contributed by atoms with Crippen molar-refractivity contribution < 1.29 is 4.79 Å². The van der Waals surface area contributed by atoms with Crippen molar-refractivity contribution in [2.45, 2.75) is 43.4 Å². The first kappa shape index (κ1) is 25.1. The molecule has 3 nitrogen and oxygen atoms in total.